The first-order valence-corrected chi connectivity index (χ1v) is 13.3. The molecule has 1 aliphatic carbocycles. The monoisotopic (exact) mass is 476 g/mol. The molecule has 0 saturated heterocycles. The molecule has 1 spiro atoms. The number of ketones is 1. The van der Waals surface area contributed by atoms with E-state index in [2.05, 4.69) is 32.9 Å². The van der Waals surface area contributed by atoms with Gasteiger partial charge in [-0.25, -0.2) is 0 Å². The number of carbonyl (C=O) groups excluding carboxylic acids is 1. The molecule has 0 radical (unpaired) electrons. The van der Waals surface area contributed by atoms with Crippen molar-refractivity contribution in [3.63, 3.8) is 0 Å². The Bertz CT molecular complexity index is 1040. The molecule has 33 heavy (non-hydrogen) atoms. The van der Waals surface area contributed by atoms with Gasteiger partial charge in [0.25, 0.3) is 10.1 Å². The van der Waals surface area contributed by atoms with Crippen LogP contribution in [0.3, 0.4) is 0 Å². The minimum absolute atomic E-state index is 0.0325. The maximum atomic E-state index is 12.4. The molecule has 2 heterocycles. The molecule has 7 heteroatoms. The van der Waals surface area contributed by atoms with E-state index < -0.39 is 22.0 Å². The van der Waals surface area contributed by atoms with Crippen LogP contribution in [0.5, 0.6) is 0 Å². The van der Waals surface area contributed by atoms with E-state index in [9.17, 15) is 13.2 Å². The summed E-state index contributed by atoms with van der Waals surface area (Å²) < 4.78 is 41.4. The van der Waals surface area contributed by atoms with Crippen molar-refractivity contribution in [1.82, 2.24) is 0 Å². The summed E-state index contributed by atoms with van der Waals surface area (Å²) in [5.74, 6) is -1.36. The van der Waals surface area contributed by atoms with E-state index in [1.165, 1.54) is 11.1 Å². The lowest BCUT2D eigenvalue weighted by atomic mass is 9.79. The summed E-state index contributed by atoms with van der Waals surface area (Å²) in [5, 5.41) is 0. The molecule has 3 rings (SSSR count). The number of hydrogen-bond acceptors (Lipinski definition) is 6. The third kappa shape index (κ3) is 7.09. The highest BCUT2D eigenvalue weighted by Gasteiger charge is 2.45. The van der Waals surface area contributed by atoms with Crippen LogP contribution in [0.1, 0.15) is 60.3 Å². The maximum Gasteiger partial charge on any atom is 0.264 e. The lowest BCUT2D eigenvalue weighted by Gasteiger charge is -2.45. The van der Waals surface area contributed by atoms with E-state index in [0.29, 0.717) is 11.1 Å². The second kappa shape index (κ2) is 10.2. The lowest BCUT2D eigenvalue weighted by molar-refractivity contribution is -0.224. The average molecular weight is 477 g/mol. The van der Waals surface area contributed by atoms with Gasteiger partial charge in [0.05, 0.1) is 25.1 Å². The van der Waals surface area contributed by atoms with Crippen molar-refractivity contribution in [3.05, 3.63) is 58.2 Å². The third-order valence-electron chi connectivity index (χ3n) is 6.15. The standard InChI is InChI=1S/C26H36O6S/c1-17(2)8-7-9-18(3)10-22-11-19(4)14-26(31-22)15-21(16-30-33(6,28)29)23-13-24(27)20(5)12-25(23)32-26/h8,10,12,14-15,22-23,25H,7,9,11,13,16H2,1-6H3/t22-,23-,25-,26+/m1/s1. The number of rotatable bonds is 7. The van der Waals surface area contributed by atoms with Crippen LogP contribution in [0.4, 0.5) is 0 Å². The Morgan fingerprint density at radius 1 is 1.18 bits per heavy atom. The topological polar surface area (TPSA) is 78.9 Å². The van der Waals surface area contributed by atoms with Gasteiger partial charge in [0.15, 0.2) is 5.78 Å². The number of ether oxygens (including phenoxy) is 2. The van der Waals surface area contributed by atoms with Crippen LogP contribution >= 0.6 is 0 Å². The highest BCUT2D eigenvalue weighted by Crippen LogP contribution is 2.42. The fourth-order valence-electron chi connectivity index (χ4n) is 4.58. The zero-order chi connectivity index (χ0) is 24.4. The molecule has 0 fully saturated rings. The van der Waals surface area contributed by atoms with E-state index in [1.807, 2.05) is 25.2 Å². The molecule has 0 aromatic heterocycles. The molecule has 0 saturated carbocycles. The molecular weight excluding hydrogens is 440 g/mol. The predicted octanol–water partition coefficient (Wildman–Crippen LogP) is 4.95. The summed E-state index contributed by atoms with van der Waals surface area (Å²) >= 11 is 0. The van der Waals surface area contributed by atoms with E-state index >= 15 is 0 Å². The fourth-order valence-corrected chi connectivity index (χ4v) is 4.93. The Kier molecular flexibility index (Phi) is 7.99. The number of Topliss-reactive ketones (excluding diaryl/α,β-unsaturated/α-hetero) is 1. The molecule has 3 aliphatic rings. The summed E-state index contributed by atoms with van der Waals surface area (Å²) in [5.41, 5.74) is 5.05. The summed E-state index contributed by atoms with van der Waals surface area (Å²) in [7, 11) is -3.63. The highest BCUT2D eigenvalue weighted by atomic mass is 32.2. The van der Waals surface area contributed by atoms with Crippen molar-refractivity contribution in [2.24, 2.45) is 5.92 Å². The molecule has 0 N–H and O–H groups in total. The molecular formula is C26H36O6S. The molecule has 0 aromatic carbocycles. The second-order valence-electron chi connectivity index (χ2n) is 9.76. The van der Waals surface area contributed by atoms with Gasteiger partial charge >= 0.3 is 0 Å². The number of hydrogen-bond donors (Lipinski definition) is 0. The van der Waals surface area contributed by atoms with Crippen molar-refractivity contribution < 1.29 is 26.9 Å². The van der Waals surface area contributed by atoms with Gasteiger partial charge in [-0.1, -0.05) is 28.9 Å². The van der Waals surface area contributed by atoms with Crippen LogP contribution in [0.2, 0.25) is 0 Å². The van der Waals surface area contributed by atoms with Crippen LogP contribution in [-0.4, -0.2) is 45.1 Å². The van der Waals surface area contributed by atoms with Crippen molar-refractivity contribution in [2.75, 3.05) is 12.9 Å². The Balaban J connectivity index is 1.90. The summed E-state index contributed by atoms with van der Waals surface area (Å²) in [6.45, 7) is 10.0. The fraction of sp³-hybridized carbons (Fsp3) is 0.577. The number of carbonyl (C=O) groups is 1. The summed E-state index contributed by atoms with van der Waals surface area (Å²) in [6.07, 6.45) is 13.4. The maximum absolute atomic E-state index is 12.4. The minimum Gasteiger partial charge on any atom is -0.335 e. The normalized spacial score (nSPS) is 30.4. The molecule has 0 amide bonds. The predicted molar refractivity (Wildman–Crippen MR) is 129 cm³/mol. The molecule has 2 aliphatic heterocycles. The van der Waals surface area contributed by atoms with E-state index in [4.69, 9.17) is 13.7 Å². The van der Waals surface area contributed by atoms with Gasteiger partial charge in [-0.05, 0) is 83.3 Å². The van der Waals surface area contributed by atoms with E-state index in [0.717, 1.165) is 31.1 Å². The first-order valence-electron chi connectivity index (χ1n) is 11.5. The molecule has 4 atom stereocenters. The van der Waals surface area contributed by atoms with Crippen molar-refractivity contribution in [3.8, 4) is 0 Å². The third-order valence-corrected chi connectivity index (χ3v) is 6.69. The Labute approximate surface area is 198 Å². The highest BCUT2D eigenvalue weighted by molar-refractivity contribution is 7.86. The van der Waals surface area contributed by atoms with E-state index in [1.54, 1.807) is 6.92 Å². The molecule has 6 nitrogen and oxygen atoms in total. The molecule has 0 aromatic rings. The largest absolute Gasteiger partial charge is 0.335 e. The van der Waals surface area contributed by atoms with Crippen molar-refractivity contribution in [1.29, 1.82) is 0 Å². The number of fused-ring (bicyclic) bond motifs is 1. The Hall–Kier alpha value is -1.80. The Morgan fingerprint density at radius 2 is 1.91 bits per heavy atom. The average Bonchev–Trinajstić information content (AvgIpc) is 2.66. The summed E-state index contributed by atoms with van der Waals surface area (Å²) in [6, 6.07) is 0. The SMILES string of the molecule is CC(C)=CCCC(C)=C[C@@H]1CC(C)=C[C@]2(C=C(COS(C)(=O)=O)[C@H]3CC(=O)C(C)=C[C@H]3O2)O1. The number of allylic oxidation sites excluding steroid dienone is 4. The van der Waals surface area contributed by atoms with Gasteiger partial charge in [0.1, 0.15) is 0 Å². The minimum atomic E-state index is -3.63. The van der Waals surface area contributed by atoms with E-state index in [-0.39, 0.29) is 30.8 Å². The van der Waals surface area contributed by atoms with Crippen LogP contribution in [0, 0.1) is 5.92 Å². The first kappa shape index (κ1) is 25.8. The van der Waals surface area contributed by atoms with Gasteiger partial charge < -0.3 is 9.47 Å². The quantitative estimate of drug-likeness (QED) is 0.382. The van der Waals surface area contributed by atoms with Gasteiger partial charge in [0.2, 0.25) is 5.79 Å². The smallest absolute Gasteiger partial charge is 0.264 e. The van der Waals surface area contributed by atoms with Gasteiger partial charge in [-0.15, -0.1) is 0 Å². The van der Waals surface area contributed by atoms with Crippen LogP contribution in [-0.2, 0) is 28.6 Å². The van der Waals surface area contributed by atoms with Gasteiger partial charge in [-0.2, -0.15) is 8.42 Å². The zero-order valence-corrected chi connectivity index (χ0v) is 21.3. The van der Waals surface area contributed by atoms with Crippen LogP contribution in [0.15, 0.2) is 58.2 Å². The van der Waals surface area contributed by atoms with Gasteiger partial charge in [-0.3, -0.25) is 8.98 Å². The van der Waals surface area contributed by atoms with Crippen molar-refractivity contribution >= 4 is 15.9 Å². The van der Waals surface area contributed by atoms with Crippen LogP contribution in [0.25, 0.3) is 0 Å². The zero-order valence-electron chi connectivity index (χ0n) is 20.5. The summed E-state index contributed by atoms with van der Waals surface area (Å²) in [4.78, 5) is 12.4. The van der Waals surface area contributed by atoms with Gasteiger partial charge in [0, 0.05) is 12.3 Å². The lowest BCUT2D eigenvalue weighted by Crippen LogP contribution is -2.49. The van der Waals surface area contributed by atoms with Crippen molar-refractivity contribution in [2.45, 2.75) is 78.3 Å². The Morgan fingerprint density at radius 3 is 2.58 bits per heavy atom. The first-order chi connectivity index (χ1) is 15.4. The molecule has 0 unspecified atom stereocenters. The second-order valence-corrected chi connectivity index (χ2v) is 11.4. The molecule has 0 bridgehead atoms. The van der Waals surface area contributed by atoms with Crippen LogP contribution < -0.4 is 0 Å². The molecule has 182 valence electrons.